The first-order valence-corrected chi connectivity index (χ1v) is 9.86. The fourth-order valence-electron chi connectivity index (χ4n) is 2.72. The zero-order valence-electron chi connectivity index (χ0n) is 13.9. The molecule has 1 aromatic carbocycles. The number of sulfonamides is 1. The number of nitrogens with two attached hydrogens (primary N) is 1. The van der Waals surface area contributed by atoms with E-state index in [2.05, 4.69) is 12.2 Å². The number of primary sulfonamides is 1. The third kappa shape index (κ3) is 6.10. The molecule has 1 atom stereocenters. The summed E-state index contributed by atoms with van der Waals surface area (Å²) < 4.78 is 28.1. The SMILES string of the molecule is CCCOC1CCCN(C(=O)Nc2cccc(CS(N)(=O)=O)c2)C1. The predicted octanol–water partition coefficient (Wildman–Crippen LogP) is 1.90. The molecule has 8 heteroatoms. The van der Waals surface area contributed by atoms with E-state index in [1.807, 2.05) is 0 Å². The fourth-order valence-corrected chi connectivity index (χ4v) is 3.36. The highest BCUT2D eigenvalue weighted by Gasteiger charge is 2.24. The average molecular weight is 355 g/mol. The number of rotatable bonds is 6. The fraction of sp³-hybridized carbons (Fsp3) is 0.562. The van der Waals surface area contributed by atoms with Crippen LogP contribution in [0.3, 0.4) is 0 Å². The van der Waals surface area contributed by atoms with Gasteiger partial charge in [0.25, 0.3) is 0 Å². The van der Waals surface area contributed by atoms with Gasteiger partial charge in [0.05, 0.1) is 11.9 Å². The molecule has 2 amide bonds. The number of nitrogens with one attached hydrogen (secondary N) is 1. The number of urea groups is 1. The van der Waals surface area contributed by atoms with E-state index < -0.39 is 10.0 Å². The van der Waals surface area contributed by atoms with Crippen molar-refractivity contribution < 1.29 is 17.9 Å². The van der Waals surface area contributed by atoms with Crippen LogP contribution in [0.5, 0.6) is 0 Å². The van der Waals surface area contributed by atoms with Gasteiger partial charge in [0, 0.05) is 25.4 Å². The van der Waals surface area contributed by atoms with Gasteiger partial charge in [-0.25, -0.2) is 18.4 Å². The standard InChI is InChI=1S/C16H25N3O4S/c1-2-9-23-15-7-4-8-19(11-15)16(20)18-14-6-3-5-13(10-14)12-24(17,21)22/h3,5-6,10,15H,2,4,7-9,11-12H2,1H3,(H,18,20)(H2,17,21,22). The maximum Gasteiger partial charge on any atom is 0.321 e. The van der Waals surface area contributed by atoms with Crippen LogP contribution in [0.15, 0.2) is 24.3 Å². The number of hydrogen-bond donors (Lipinski definition) is 2. The molecular weight excluding hydrogens is 330 g/mol. The molecule has 1 aliphatic rings. The summed E-state index contributed by atoms with van der Waals surface area (Å²) >= 11 is 0. The molecule has 0 aliphatic carbocycles. The average Bonchev–Trinajstić information content (AvgIpc) is 2.52. The van der Waals surface area contributed by atoms with Gasteiger partial charge in [-0.15, -0.1) is 0 Å². The maximum absolute atomic E-state index is 12.4. The number of nitrogens with zero attached hydrogens (tertiary/aromatic N) is 1. The van der Waals surface area contributed by atoms with Crippen LogP contribution in [-0.4, -0.2) is 45.1 Å². The molecule has 0 spiro atoms. The molecule has 1 fully saturated rings. The second kappa shape index (κ2) is 8.46. The zero-order chi connectivity index (χ0) is 17.6. The van der Waals surface area contributed by atoms with Crippen LogP contribution < -0.4 is 10.5 Å². The van der Waals surface area contributed by atoms with Gasteiger partial charge in [-0.3, -0.25) is 0 Å². The van der Waals surface area contributed by atoms with Crippen LogP contribution in [0.4, 0.5) is 10.5 Å². The Bertz CT molecular complexity index is 663. The molecule has 1 unspecified atom stereocenters. The first kappa shape index (κ1) is 18.7. The lowest BCUT2D eigenvalue weighted by Crippen LogP contribution is -2.45. The summed E-state index contributed by atoms with van der Waals surface area (Å²) in [6.45, 7) is 4.02. The van der Waals surface area contributed by atoms with E-state index in [9.17, 15) is 13.2 Å². The second-order valence-electron chi connectivity index (χ2n) is 6.02. The van der Waals surface area contributed by atoms with Crippen LogP contribution in [-0.2, 0) is 20.5 Å². The van der Waals surface area contributed by atoms with E-state index in [4.69, 9.17) is 9.88 Å². The predicted molar refractivity (Wildman–Crippen MR) is 93.1 cm³/mol. The van der Waals surface area contributed by atoms with Crippen molar-refractivity contribution in [2.24, 2.45) is 5.14 Å². The summed E-state index contributed by atoms with van der Waals surface area (Å²) in [6, 6.07) is 6.50. The molecule has 3 N–H and O–H groups in total. The molecule has 1 saturated heterocycles. The molecule has 0 radical (unpaired) electrons. The van der Waals surface area contributed by atoms with Crippen LogP contribution in [0.2, 0.25) is 0 Å². The van der Waals surface area contributed by atoms with Gasteiger partial charge in [0.1, 0.15) is 0 Å². The van der Waals surface area contributed by atoms with Gasteiger partial charge >= 0.3 is 6.03 Å². The summed E-state index contributed by atoms with van der Waals surface area (Å²) in [4.78, 5) is 14.1. The van der Waals surface area contributed by atoms with Crippen molar-refractivity contribution in [1.82, 2.24) is 4.90 Å². The van der Waals surface area contributed by atoms with E-state index in [1.165, 1.54) is 0 Å². The van der Waals surface area contributed by atoms with Gasteiger partial charge in [-0.1, -0.05) is 19.1 Å². The number of anilines is 1. The molecule has 0 bridgehead atoms. The number of carbonyl (C=O) groups is 1. The van der Waals surface area contributed by atoms with Gasteiger partial charge in [-0.05, 0) is 37.0 Å². The number of likely N-dealkylation sites (tertiary alicyclic amines) is 1. The van der Waals surface area contributed by atoms with Gasteiger partial charge in [0.2, 0.25) is 10.0 Å². The van der Waals surface area contributed by atoms with E-state index >= 15 is 0 Å². The van der Waals surface area contributed by atoms with Gasteiger partial charge in [-0.2, -0.15) is 0 Å². The zero-order valence-corrected chi connectivity index (χ0v) is 14.7. The molecule has 24 heavy (non-hydrogen) atoms. The Balaban J connectivity index is 1.95. The largest absolute Gasteiger partial charge is 0.376 e. The molecule has 0 saturated carbocycles. The first-order valence-electron chi connectivity index (χ1n) is 8.14. The van der Waals surface area contributed by atoms with Crippen molar-refractivity contribution in [1.29, 1.82) is 0 Å². The Kier molecular flexibility index (Phi) is 6.59. The molecule has 1 heterocycles. The maximum atomic E-state index is 12.4. The normalized spacial score (nSPS) is 18.4. The number of amides is 2. The van der Waals surface area contributed by atoms with Crippen molar-refractivity contribution in [2.45, 2.75) is 38.0 Å². The molecule has 2 rings (SSSR count). The Morgan fingerprint density at radius 3 is 2.96 bits per heavy atom. The van der Waals surface area contributed by atoms with Crippen molar-refractivity contribution in [3.63, 3.8) is 0 Å². The van der Waals surface area contributed by atoms with Crippen molar-refractivity contribution in [3.8, 4) is 0 Å². The minimum Gasteiger partial charge on any atom is -0.376 e. The number of hydrogen-bond acceptors (Lipinski definition) is 4. The third-order valence-electron chi connectivity index (χ3n) is 3.77. The Labute approximate surface area is 143 Å². The summed E-state index contributed by atoms with van der Waals surface area (Å²) in [5, 5.41) is 7.86. The smallest absolute Gasteiger partial charge is 0.321 e. The van der Waals surface area contributed by atoms with Crippen molar-refractivity contribution in [3.05, 3.63) is 29.8 Å². The lowest BCUT2D eigenvalue weighted by Gasteiger charge is -2.32. The van der Waals surface area contributed by atoms with Crippen molar-refractivity contribution in [2.75, 3.05) is 25.0 Å². The highest BCUT2D eigenvalue weighted by molar-refractivity contribution is 7.88. The van der Waals surface area contributed by atoms with E-state index in [1.54, 1.807) is 29.2 Å². The van der Waals surface area contributed by atoms with E-state index in [0.717, 1.165) is 19.3 Å². The quantitative estimate of drug-likeness (QED) is 0.813. The first-order chi connectivity index (χ1) is 11.4. The molecule has 7 nitrogen and oxygen atoms in total. The minimum absolute atomic E-state index is 0.0816. The van der Waals surface area contributed by atoms with Gasteiger partial charge in [0.15, 0.2) is 0 Å². The number of ether oxygens (including phenoxy) is 1. The second-order valence-corrected chi connectivity index (χ2v) is 7.63. The number of benzene rings is 1. The van der Waals surface area contributed by atoms with Crippen LogP contribution in [0.1, 0.15) is 31.7 Å². The van der Waals surface area contributed by atoms with E-state index in [0.29, 0.717) is 30.9 Å². The Morgan fingerprint density at radius 2 is 2.25 bits per heavy atom. The highest BCUT2D eigenvalue weighted by Crippen LogP contribution is 2.17. The number of carbonyl (C=O) groups excluding carboxylic acids is 1. The third-order valence-corrected chi connectivity index (χ3v) is 4.50. The summed E-state index contributed by atoms with van der Waals surface area (Å²) in [5.74, 6) is -0.257. The summed E-state index contributed by atoms with van der Waals surface area (Å²) in [5.41, 5.74) is 1.09. The van der Waals surface area contributed by atoms with E-state index in [-0.39, 0.29) is 17.9 Å². The van der Waals surface area contributed by atoms with Gasteiger partial charge < -0.3 is 15.0 Å². The molecule has 134 valence electrons. The molecule has 1 aliphatic heterocycles. The van der Waals surface area contributed by atoms with Crippen molar-refractivity contribution >= 4 is 21.7 Å². The lowest BCUT2D eigenvalue weighted by atomic mass is 10.1. The molecular formula is C16H25N3O4S. The molecule has 1 aromatic rings. The van der Waals surface area contributed by atoms with Crippen LogP contribution >= 0.6 is 0 Å². The summed E-state index contributed by atoms with van der Waals surface area (Å²) in [6.07, 6.45) is 2.92. The van der Waals surface area contributed by atoms with Crippen LogP contribution in [0, 0.1) is 0 Å². The highest BCUT2D eigenvalue weighted by atomic mass is 32.2. The Hall–Kier alpha value is -1.64. The number of piperidine rings is 1. The monoisotopic (exact) mass is 355 g/mol. The lowest BCUT2D eigenvalue weighted by molar-refractivity contribution is 0.0115. The minimum atomic E-state index is -3.60. The molecule has 0 aromatic heterocycles. The topological polar surface area (TPSA) is 102 Å². The Morgan fingerprint density at radius 1 is 1.46 bits per heavy atom. The summed E-state index contributed by atoms with van der Waals surface area (Å²) in [7, 11) is -3.60. The van der Waals surface area contributed by atoms with Crippen LogP contribution in [0.25, 0.3) is 0 Å².